The van der Waals surface area contributed by atoms with Crippen molar-refractivity contribution in [2.24, 2.45) is 0 Å². The molecule has 4 heteroatoms. The van der Waals surface area contributed by atoms with Crippen LogP contribution in [0.1, 0.15) is 10.4 Å². The van der Waals surface area contributed by atoms with E-state index >= 15 is 0 Å². The summed E-state index contributed by atoms with van der Waals surface area (Å²) < 4.78 is 17.6. The van der Waals surface area contributed by atoms with Crippen LogP contribution in [0.2, 0.25) is 0 Å². The Balaban J connectivity index is 2.60. The Morgan fingerprint density at radius 1 is 1.17 bits per heavy atom. The third-order valence-electron chi connectivity index (χ3n) is 2.59. The molecule has 2 nitrogen and oxygen atoms in total. The van der Waals surface area contributed by atoms with Crippen LogP contribution in [0, 0.1) is 5.82 Å². The molecule has 0 saturated heterocycles. The van der Waals surface area contributed by atoms with Crippen molar-refractivity contribution < 1.29 is 13.9 Å². The van der Waals surface area contributed by atoms with Gasteiger partial charge in [0, 0.05) is 4.90 Å². The van der Waals surface area contributed by atoms with Crippen LogP contribution in [0.15, 0.2) is 47.4 Å². The largest absolute Gasteiger partial charge is 0.465 e. The summed E-state index contributed by atoms with van der Waals surface area (Å²) in [6.45, 7) is 0. The molecule has 0 aromatic heterocycles. The normalized spacial score (nSPS) is 10.2. The van der Waals surface area contributed by atoms with Crippen molar-refractivity contribution in [1.29, 1.82) is 0 Å². The van der Waals surface area contributed by atoms with Gasteiger partial charge in [-0.05, 0) is 29.3 Å². The van der Waals surface area contributed by atoms with Crippen LogP contribution in [-0.2, 0) is 4.74 Å². The summed E-state index contributed by atoms with van der Waals surface area (Å²) in [6, 6.07) is 11.2. The zero-order chi connectivity index (χ0) is 13.1. The van der Waals surface area contributed by atoms with E-state index in [1.165, 1.54) is 19.2 Å². The third-order valence-corrected chi connectivity index (χ3v) is 2.96. The number of halogens is 1. The number of hydrogen-bond acceptors (Lipinski definition) is 3. The van der Waals surface area contributed by atoms with E-state index in [9.17, 15) is 9.18 Å². The van der Waals surface area contributed by atoms with E-state index in [-0.39, 0.29) is 5.82 Å². The van der Waals surface area contributed by atoms with E-state index in [0.717, 1.165) is 5.56 Å². The zero-order valence-electron chi connectivity index (χ0n) is 9.68. The molecule has 18 heavy (non-hydrogen) atoms. The molecule has 2 aromatic rings. The minimum Gasteiger partial charge on any atom is -0.465 e. The van der Waals surface area contributed by atoms with Gasteiger partial charge in [-0.3, -0.25) is 0 Å². The second kappa shape index (κ2) is 5.23. The average Bonchev–Trinajstić information content (AvgIpc) is 2.38. The number of esters is 1. The summed E-state index contributed by atoms with van der Waals surface area (Å²) in [5.74, 6) is -0.777. The number of ether oxygens (including phenoxy) is 1. The van der Waals surface area contributed by atoms with Crippen molar-refractivity contribution in [1.82, 2.24) is 0 Å². The zero-order valence-corrected chi connectivity index (χ0v) is 10.6. The fourth-order valence-electron chi connectivity index (χ4n) is 1.73. The van der Waals surface area contributed by atoms with E-state index in [0.29, 0.717) is 16.0 Å². The number of carbonyl (C=O) groups is 1. The van der Waals surface area contributed by atoms with Gasteiger partial charge in [-0.1, -0.05) is 24.3 Å². The second-order valence-electron chi connectivity index (χ2n) is 3.70. The van der Waals surface area contributed by atoms with Gasteiger partial charge in [0.2, 0.25) is 0 Å². The lowest BCUT2D eigenvalue weighted by Gasteiger charge is -2.10. The highest BCUT2D eigenvalue weighted by Gasteiger charge is 2.16. The van der Waals surface area contributed by atoms with Crippen molar-refractivity contribution in [3.63, 3.8) is 0 Å². The molecule has 0 saturated carbocycles. The molecule has 0 radical (unpaired) electrons. The molecule has 0 aliphatic rings. The molecule has 0 amide bonds. The topological polar surface area (TPSA) is 26.3 Å². The van der Waals surface area contributed by atoms with Crippen molar-refractivity contribution in [3.05, 3.63) is 53.8 Å². The Labute approximate surface area is 110 Å². The molecular weight excluding hydrogens is 251 g/mol. The van der Waals surface area contributed by atoms with Gasteiger partial charge >= 0.3 is 5.97 Å². The Morgan fingerprint density at radius 3 is 2.44 bits per heavy atom. The maximum Gasteiger partial charge on any atom is 0.339 e. The molecule has 0 fully saturated rings. The molecule has 0 bridgehead atoms. The van der Waals surface area contributed by atoms with E-state index in [4.69, 9.17) is 4.74 Å². The fourth-order valence-corrected chi connectivity index (χ4v) is 2.02. The van der Waals surface area contributed by atoms with E-state index in [1.54, 1.807) is 30.3 Å². The van der Waals surface area contributed by atoms with Crippen molar-refractivity contribution in [3.8, 4) is 11.1 Å². The molecule has 0 aliphatic carbocycles. The molecule has 2 aromatic carbocycles. The molecular formula is C14H11FO2S. The maximum atomic E-state index is 12.9. The number of hydrogen-bond donors (Lipinski definition) is 1. The number of rotatable bonds is 2. The van der Waals surface area contributed by atoms with Crippen LogP contribution in [0.3, 0.4) is 0 Å². The van der Waals surface area contributed by atoms with Crippen LogP contribution in [0.25, 0.3) is 11.1 Å². The molecule has 0 aliphatic heterocycles. The molecule has 0 atom stereocenters. The van der Waals surface area contributed by atoms with E-state index in [2.05, 4.69) is 12.6 Å². The van der Waals surface area contributed by atoms with Gasteiger partial charge in [-0.15, -0.1) is 12.6 Å². The summed E-state index contributed by atoms with van der Waals surface area (Å²) in [5.41, 5.74) is 1.80. The first-order valence-electron chi connectivity index (χ1n) is 5.29. The first-order valence-corrected chi connectivity index (χ1v) is 5.74. The molecule has 92 valence electrons. The molecule has 0 unspecified atom stereocenters. The lowest BCUT2D eigenvalue weighted by molar-refractivity contribution is 0.0598. The summed E-state index contributed by atoms with van der Waals surface area (Å²) in [6.07, 6.45) is 0. The molecule has 2 rings (SSSR count). The first kappa shape index (κ1) is 12.6. The number of thiol groups is 1. The molecule has 0 N–H and O–H groups in total. The highest BCUT2D eigenvalue weighted by atomic mass is 32.1. The lowest BCUT2D eigenvalue weighted by atomic mass is 9.99. The predicted molar refractivity (Wildman–Crippen MR) is 70.4 cm³/mol. The minimum atomic E-state index is -0.458. The Morgan fingerprint density at radius 2 is 1.83 bits per heavy atom. The van der Waals surface area contributed by atoms with Gasteiger partial charge in [0.1, 0.15) is 5.82 Å². The number of carbonyl (C=O) groups excluding carboxylic acids is 1. The summed E-state index contributed by atoms with van der Waals surface area (Å²) in [4.78, 5) is 12.3. The highest BCUT2D eigenvalue weighted by Crippen LogP contribution is 2.28. The number of methoxy groups -OCH3 is 1. The van der Waals surface area contributed by atoms with E-state index in [1.807, 2.05) is 0 Å². The Kier molecular flexibility index (Phi) is 3.67. The van der Waals surface area contributed by atoms with Crippen molar-refractivity contribution >= 4 is 18.6 Å². The van der Waals surface area contributed by atoms with Crippen LogP contribution in [-0.4, -0.2) is 13.1 Å². The highest BCUT2D eigenvalue weighted by molar-refractivity contribution is 7.80. The maximum absolute atomic E-state index is 12.9. The summed E-state index contributed by atoms with van der Waals surface area (Å²) >= 11 is 4.26. The van der Waals surface area contributed by atoms with Crippen molar-refractivity contribution in [2.75, 3.05) is 7.11 Å². The fraction of sp³-hybridized carbons (Fsp3) is 0.0714. The van der Waals surface area contributed by atoms with Crippen LogP contribution < -0.4 is 0 Å². The van der Waals surface area contributed by atoms with E-state index < -0.39 is 5.97 Å². The quantitative estimate of drug-likeness (QED) is 0.661. The van der Waals surface area contributed by atoms with Crippen molar-refractivity contribution in [2.45, 2.75) is 4.90 Å². The second-order valence-corrected chi connectivity index (χ2v) is 4.18. The van der Waals surface area contributed by atoms with Gasteiger partial charge in [-0.2, -0.15) is 0 Å². The summed E-state index contributed by atoms with van der Waals surface area (Å²) in [5, 5.41) is 0. The van der Waals surface area contributed by atoms with Crippen LogP contribution in [0.4, 0.5) is 4.39 Å². The van der Waals surface area contributed by atoms with Gasteiger partial charge < -0.3 is 4.74 Å². The lowest BCUT2D eigenvalue weighted by Crippen LogP contribution is -2.05. The monoisotopic (exact) mass is 262 g/mol. The minimum absolute atomic E-state index is 0.319. The Hall–Kier alpha value is -1.81. The Bertz CT molecular complexity index is 579. The predicted octanol–water partition coefficient (Wildman–Crippen LogP) is 3.57. The molecule has 0 spiro atoms. The van der Waals surface area contributed by atoms with Gasteiger partial charge in [0.25, 0.3) is 0 Å². The molecule has 0 heterocycles. The SMILES string of the molecule is COC(=O)c1c(S)cccc1-c1ccc(F)cc1. The third kappa shape index (κ3) is 2.38. The first-order chi connectivity index (χ1) is 8.63. The van der Waals surface area contributed by atoms with Gasteiger partial charge in [-0.25, -0.2) is 9.18 Å². The van der Waals surface area contributed by atoms with Crippen LogP contribution in [0.5, 0.6) is 0 Å². The van der Waals surface area contributed by atoms with Gasteiger partial charge in [0.15, 0.2) is 0 Å². The average molecular weight is 262 g/mol. The smallest absolute Gasteiger partial charge is 0.339 e. The summed E-state index contributed by atoms with van der Waals surface area (Å²) in [7, 11) is 1.32. The van der Waals surface area contributed by atoms with Crippen LogP contribution >= 0.6 is 12.6 Å². The standard InChI is InChI=1S/C14H11FO2S/c1-17-14(16)13-11(3-2-4-12(13)18)9-5-7-10(15)8-6-9/h2-8,18H,1H3. The van der Waals surface area contributed by atoms with Gasteiger partial charge in [0.05, 0.1) is 12.7 Å². The number of benzene rings is 2.